The normalized spacial score (nSPS) is 10.9. The van der Waals surface area contributed by atoms with E-state index < -0.39 is 0 Å². The van der Waals surface area contributed by atoms with Crippen molar-refractivity contribution in [3.8, 4) is 22.3 Å². The molecular weight excluding hydrogens is 432 g/mol. The van der Waals surface area contributed by atoms with Gasteiger partial charge in [0.05, 0.1) is 15.9 Å². The standard InChI is InChI=1S/C27H20N2OS2/c1-18(30)21-16-22(19-10-4-2-5-11-19)26(23(17-21)20-12-6-3-7-13-20)29-32-27-28-24-14-8-9-15-25(24)31-27/h2-17,29H,1H3. The average molecular weight is 453 g/mol. The molecule has 0 radical (unpaired) electrons. The predicted octanol–water partition coefficient (Wildman–Crippen LogP) is 7.95. The molecule has 5 heteroatoms. The summed E-state index contributed by atoms with van der Waals surface area (Å²) in [6, 6.07) is 32.5. The lowest BCUT2D eigenvalue weighted by Crippen LogP contribution is -2.00. The number of Topliss-reactive ketones (excluding diaryl/α,β-unsaturated/α-hetero) is 1. The molecule has 0 bridgehead atoms. The van der Waals surface area contributed by atoms with Crippen molar-refractivity contribution in [2.45, 2.75) is 11.3 Å². The van der Waals surface area contributed by atoms with Gasteiger partial charge in [-0.2, -0.15) is 0 Å². The number of para-hydroxylation sites is 1. The summed E-state index contributed by atoms with van der Waals surface area (Å²) < 4.78 is 5.68. The van der Waals surface area contributed by atoms with Crippen molar-refractivity contribution in [3.63, 3.8) is 0 Å². The monoisotopic (exact) mass is 452 g/mol. The quantitative estimate of drug-likeness (QED) is 0.210. The minimum Gasteiger partial charge on any atom is -0.323 e. The van der Waals surface area contributed by atoms with Crippen LogP contribution in [0.1, 0.15) is 17.3 Å². The Morgan fingerprint density at radius 3 is 1.94 bits per heavy atom. The molecule has 0 spiro atoms. The van der Waals surface area contributed by atoms with Gasteiger partial charge >= 0.3 is 0 Å². The van der Waals surface area contributed by atoms with Gasteiger partial charge in [0.1, 0.15) is 0 Å². The summed E-state index contributed by atoms with van der Waals surface area (Å²) in [4.78, 5) is 17.1. The first-order valence-corrected chi connectivity index (χ1v) is 11.9. The molecule has 3 nitrogen and oxygen atoms in total. The summed E-state index contributed by atoms with van der Waals surface area (Å²) in [5, 5.41) is 0. The van der Waals surface area contributed by atoms with Gasteiger partial charge in [0.15, 0.2) is 10.1 Å². The van der Waals surface area contributed by atoms with Gasteiger partial charge in [-0.25, -0.2) is 4.98 Å². The number of aromatic nitrogens is 1. The van der Waals surface area contributed by atoms with Gasteiger partial charge in [-0.05, 0) is 42.3 Å². The number of hydrogen-bond donors (Lipinski definition) is 1. The third-order valence-electron chi connectivity index (χ3n) is 5.23. The van der Waals surface area contributed by atoms with E-state index in [4.69, 9.17) is 4.98 Å². The van der Waals surface area contributed by atoms with Crippen molar-refractivity contribution in [1.82, 2.24) is 4.98 Å². The number of nitrogens with zero attached hydrogens (tertiary/aromatic N) is 1. The maximum absolute atomic E-state index is 12.4. The van der Waals surface area contributed by atoms with Crippen LogP contribution in [0.4, 0.5) is 5.69 Å². The van der Waals surface area contributed by atoms with Gasteiger partial charge in [-0.1, -0.05) is 72.8 Å². The predicted molar refractivity (Wildman–Crippen MR) is 136 cm³/mol. The van der Waals surface area contributed by atoms with E-state index in [1.165, 1.54) is 11.9 Å². The SMILES string of the molecule is CC(=O)c1cc(-c2ccccc2)c(NSc2nc3ccccc3s2)c(-c2ccccc2)c1. The number of fused-ring (bicyclic) bond motifs is 1. The van der Waals surface area contributed by atoms with Crippen molar-refractivity contribution >= 4 is 45.0 Å². The van der Waals surface area contributed by atoms with Crippen molar-refractivity contribution in [2.24, 2.45) is 0 Å². The lowest BCUT2D eigenvalue weighted by molar-refractivity contribution is 0.101. The Hall–Kier alpha value is -3.41. The van der Waals surface area contributed by atoms with Gasteiger partial charge in [0.2, 0.25) is 0 Å². The van der Waals surface area contributed by atoms with E-state index in [1.807, 2.05) is 66.7 Å². The molecular formula is C27H20N2OS2. The van der Waals surface area contributed by atoms with E-state index in [0.717, 1.165) is 42.5 Å². The molecule has 5 aromatic rings. The van der Waals surface area contributed by atoms with Gasteiger partial charge in [-0.3, -0.25) is 4.79 Å². The van der Waals surface area contributed by atoms with Crippen LogP contribution in [-0.2, 0) is 0 Å². The maximum Gasteiger partial charge on any atom is 0.171 e. The molecule has 1 heterocycles. The molecule has 0 aliphatic rings. The van der Waals surface area contributed by atoms with Gasteiger partial charge < -0.3 is 4.72 Å². The molecule has 0 fully saturated rings. The molecule has 0 aliphatic carbocycles. The number of anilines is 1. The molecule has 0 aliphatic heterocycles. The number of carbonyl (C=O) groups is 1. The number of carbonyl (C=O) groups excluding carboxylic acids is 1. The molecule has 4 aromatic carbocycles. The van der Waals surface area contributed by atoms with Gasteiger partial charge in [0, 0.05) is 28.6 Å². The number of rotatable bonds is 6. The second-order valence-corrected chi connectivity index (χ2v) is 9.47. The fraction of sp³-hybridized carbons (Fsp3) is 0.0370. The van der Waals surface area contributed by atoms with Crippen LogP contribution in [0.3, 0.4) is 0 Å². The molecule has 32 heavy (non-hydrogen) atoms. The van der Waals surface area contributed by atoms with Gasteiger partial charge in [0.25, 0.3) is 0 Å². The topological polar surface area (TPSA) is 42.0 Å². The first-order valence-electron chi connectivity index (χ1n) is 10.3. The first-order chi connectivity index (χ1) is 15.7. The third kappa shape index (κ3) is 4.17. The van der Waals surface area contributed by atoms with Crippen LogP contribution in [0.2, 0.25) is 0 Å². The zero-order valence-corrected chi connectivity index (χ0v) is 19.0. The number of hydrogen-bond acceptors (Lipinski definition) is 5. The number of benzene rings is 4. The van der Waals surface area contributed by atoms with Crippen molar-refractivity contribution < 1.29 is 4.79 Å². The van der Waals surface area contributed by atoms with Gasteiger partial charge in [-0.15, -0.1) is 11.3 Å². The fourth-order valence-electron chi connectivity index (χ4n) is 3.64. The Balaban J connectivity index is 1.64. The molecule has 0 amide bonds. The Morgan fingerprint density at radius 2 is 1.38 bits per heavy atom. The van der Waals surface area contributed by atoms with E-state index in [0.29, 0.717) is 5.56 Å². The Morgan fingerprint density at radius 1 is 0.812 bits per heavy atom. The molecule has 0 unspecified atom stereocenters. The first kappa shape index (κ1) is 20.5. The molecule has 0 atom stereocenters. The summed E-state index contributed by atoms with van der Waals surface area (Å²) in [5.74, 6) is 0.0461. The number of thiazole rings is 1. The number of ketones is 1. The molecule has 1 N–H and O–H groups in total. The molecule has 156 valence electrons. The lowest BCUT2D eigenvalue weighted by Gasteiger charge is -2.18. The van der Waals surface area contributed by atoms with Crippen LogP contribution in [0.15, 0.2) is 101 Å². The molecule has 0 saturated carbocycles. The summed E-state index contributed by atoms with van der Waals surface area (Å²) in [5.41, 5.74) is 6.76. The maximum atomic E-state index is 12.4. The van der Waals surface area contributed by atoms with Crippen LogP contribution < -0.4 is 4.72 Å². The Bertz CT molecular complexity index is 1300. The van der Waals surface area contributed by atoms with Crippen molar-refractivity contribution in [2.75, 3.05) is 4.72 Å². The minimum absolute atomic E-state index is 0.0461. The highest BCUT2D eigenvalue weighted by atomic mass is 32.2. The highest BCUT2D eigenvalue weighted by molar-refractivity contribution is 8.02. The smallest absolute Gasteiger partial charge is 0.171 e. The second-order valence-electron chi connectivity index (χ2n) is 7.39. The van der Waals surface area contributed by atoms with Crippen LogP contribution >= 0.6 is 23.3 Å². The highest BCUT2D eigenvalue weighted by Gasteiger charge is 2.17. The summed E-state index contributed by atoms with van der Waals surface area (Å²) in [6.07, 6.45) is 0. The fourth-order valence-corrected chi connectivity index (χ4v) is 5.45. The molecule has 1 aromatic heterocycles. The van der Waals surface area contributed by atoms with Crippen LogP contribution in [0.5, 0.6) is 0 Å². The summed E-state index contributed by atoms with van der Waals surface area (Å²) >= 11 is 3.17. The third-order valence-corrected chi connectivity index (χ3v) is 7.13. The van der Waals surface area contributed by atoms with E-state index in [2.05, 4.69) is 35.1 Å². The van der Waals surface area contributed by atoms with E-state index in [9.17, 15) is 4.79 Å². The van der Waals surface area contributed by atoms with Crippen LogP contribution in [-0.4, -0.2) is 10.8 Å². The van der Waals surface area contributed by atoms with Crippen LogP contribution in [0.25, 0.3) is 32.5 Å². The van der Waals surface area contributed by atoms with E-state index in [1.54, 1.807) is 18.3 Å². The number of nitrogens with one attached hydrogen (secondary N) is 1. The Labute approximate surface area is 195 Å². The van der Waals surface area contributed by atoms with E-state index in [-0.39, 0.29) is 5.78 Å². The van der Waals surface area contributed by atoms with E-state index >= 15 is 0 Å². The lowest BCUT2D eigenvalue weighted by atomic mass is 9.92. The summed E-state index contributed by atoms with van der Waals surface area (Å²) in [6.45, 7) is 1.61. The average Bonchev–Trinajstić information content (AvgIpc) is 3.26. The second kappa shape index (κ2) is 8.99. The minimum atomic E-state index is 0.0461. The zero-order chi connectivity index (χ0) is 21.9. The molecule has 5 rings (SSSR count). The van der Waals surface area contributed by atoms with Crippen LogP contribution in [0, 0.1) is 0 Å². The Kier molecular flexibility index (Phi) is 5.75. The van der Waals surface area contributed by atoms with Crippen molar-refractivity contribution in [1.29, 1.82) is 0 Å². The molecule has 0 saturated heterocycles. The zero-order valence-electron chi connectivity index (χ0n) is 17.4. The largest absolute Gasteiger partial charge is 0.323 e. The van der Waals surface area contributed by atoms with Crippen molar-refractivity contribution in [3.05, 3.63) is 103 Å². The highest BCUT2D eigenvalue weighted by Crippen LogP contribution is 2.41. The summed E-state index contributed by atoms with van der Waals surface area (Å²) in [7, 11) is 0.